The van der Waals surface area contributed by atoms with Gasteiger partial charge < -0.3 is 66.9 Å². The number of hydrogen-bond donors (Lipinski definition) is 7. The highest BCUT2D eigenvalue weighted by atomic mass is 16.6. The molecule has 17 heteroatoms. The molecule has 0 aliphatic carbocycles. The molecule has 0 aliphatic heterocycles. The molecular formula is C29H45N5O12. The van der Waals surface area contributed by atoms with E-state index in [0.29, 0.717) is 33.0 Å². The molecule has 2 aromatic rings. The number of nitrogen functional groups attached to an aromatic ring is 1. The van der Waals surface area contributed by atoms with Crippen molar-refractivity contribution >= 4 is 35.1 Å². The zero-order valence-electron chi connectivity index (χ0n) is 25.2. The number of esters is 1. The summed E-state index contributed by atoms with van der Waals surface area (Å²) in [7, 11) is 1.34. The first kappa shape index (κ1) is 41.3. The highest BCUT2D eigenvalue weighted by molar-refractivity contribution is 6.03. The fourth-order valence-corrected chi connectivity index (χ4v) is 3.32. The van der Waals surface area contributed by atoms with Crippen LogP contribution < -0.4 is 37.7 Å². The van der Waals surface area contributed by atoms with E-state index in [2.05, 4.69) is 5.32 Å². The van der Waals surface area contributed by atoms with E-state index < -0.39 is 35.2 Å². The lowest BCUT2D eigenvalue weighted by molar-refractivity contribution is -0.140. The number of nitrogens with one attached hydrogen (secondary N) is 1. The molecule has 0 spiro atoms. The number of methoxy groups -OCH3 is 1. The fourth-order valence-electron chi connectivity index (χ4n) is 3.32. The summed E-state index contributed by atoms with van der Waals surface area (Å²) in [6, 6.07) is 5.38. The summed E-state index contributed by atoms with van der Waals surface area (Å²) in [5.74, 6) is -4.11. The van der Waals surface area contributed by atoms with Crippen molar-refractivity contribution in [2.45, 2.75) is 20.8 Å². The minimum absolute atomic E-state index is 0. The lowest BCUT2D eigenvalue weighted by Gasteiger charge is -2.13. The van der Waals surface area contributed by atoms with Gasteiger partial charge in [-0.1, -0.05) is 14.4 Å². The molecule has 258 valence electrons. The van der Waals surface area contributed by atoms with E-state index >= 15 is 0 Å². The Kier molecular flexibility index (Phi) is 20.5. The van der Waals surface area contributed by atoms with Crippen LogP contribution in [-0.2, 0) is 28.5 Å². The molecule has 0 saturated carbocycles. The van der Waals surface area contributed by atoms with Crippen LogP contribution in [-0.4, -0.2) is 100 Å². The number of hydrogen-bond acceptors (Lipinski definition) is 14. The van der Waals surface area contributed by atoms with Gasteiger partial charge in [-0.3, -0.25) is 14.4 Å². The maximum atomic E-state index is 11.8. The number of benzene rings is 2. The molecular weight excluding hydrogens is 610 g/mol. The summed E-state index contributed by atoms with van der Waals surface area (Å²) in [6.45, 7) is 4.06. The predicted molar refractivity (Wildman–Crippen MR) is 168 cm³/mol. The molecule has 0 saturated heterocycles. The highest BCUT2D eigenvalue weighted by Gasteiger charge is 2.20. The lowest BCUT2D eigenvalue weighted by atomic mass is 10.1. The van der Waals surface area contributed by atoms with Crippen molar-refractivity contribution in [3.63, 3.8) is 0 Å². The summed E-state index contributed by atoms with van der Waals surface area (Å²) in [4.78, 5) is 46.0. The van der Waals surface area contributed by atoms with Gasteiger partial charge in [0.25, 0.3) is 11.8 Å². The summed E-state index contributed by atoms with van der Waals surface area (Å²) in [6.07, 6.45) is 0.916. The van der Waals surface area contributed by atoms with Crippen molar-refractivity contribution in [3.8, 4) is 23.0 Å². The maximum Gasteiger partial charge on any atom is 0.337 e. The number of carbonyl (C=O) groups is 4. The molecule has 0 radical (unpaired) electrons. The van der Waals surface area contributed by atoms with Crippen LogP contribution in [0.2, 0.25) is 0 Å². The number of carbonyl (C=O) groups excluding carboxylic acids is 4. The predicted octanol–water partition coefficient (Wildman–Crippen LogP) is 0.488. The number of aromatic hydroxyl groups is 2. The van der Waals surface area contributed by atoms with Gasteiger partial charge in [0.15, 0.2) is 11.5 Å². The average Bonchev–Trinajstić information content (AvgIpc) is 2.99. The first-order valence-electron chi connectivity index (χ1n) is 13.6. The van der Waals surface area contributed by atoms with E-state index in [0.717, 1.165) is 6.42 Å². The molecule has 0 bridgehead atoms. The Balaban J connectivity index is 0.000000862. The quantitative estimate of drug-likeness (QED) is 0.0357. The number of rotatable bonds is 19. The van der Waals surface area contributed by atoms with Crippen LogP contribution in [0, 0.1) is 0 Å². The van der Waals surface area contributed by atoms with Crippen LogP contribution in [0.25, 0.3) is 0 Å². The van der Waals surface area contributed by atoms with Gasteiger partial charge in [0.05, 0.1) is 51.5 Å². The molecule has 2 aromatic carbocycles. The average molecular weight is 656 g/mol. The molecule has 17 nitrogen and oxygen atoms in total. The Morgan fingerprint density at radius 1 is 0.761 bits per heavy atom. The van der Waals surface area contributed by atoms with Gasteiger partial charge in [-0.15, -0.1) is 0 Å². The summed E-state index contributed by atoms with van der Waals surface area (Å²) >= 11 is 0. The summed E-state index contributed by atoms with van der Waals surface area (Å²) < 4.78 is 30.3. The molecule has 0 atom stereocenters. The van der Waals surface area contributed by atoms with E-state index in [-0.39, 0.29) is 67.9 Å². The Hall–Kier alpha value is -4.68. The third-order valence-electron chi connectivity index (χ3n) is 5.33. The molecule has 0 unspecified atom stereocenters. The van der Waals surface area contributed by atoms with Crippen LogP contribution >= 0.6 is 0 Å². The minimum Gasteiger partial charge on any atom is -0.505 e. The van der Waals surface area contributed by atoms with Crippen molar-refractivity contribution < 1.29 is 57.8 Å². The second-order valence-corrected chi connectivity index (χ2v) is 8.78. The van der Waals surface area contributed by atoms with Gasteiger partial charge in [0.2, 0.25) is 5.91 Å². The monoisotopic (exact) mass is 655 g/mol. The second-order valence-electron chi connectivity index (χ2n) is 8.78. The third kappa shape index (κ3) is 14.4. The van der Waals surface area contributed by atoms with Gasteiger partial charge in [-0.25, -0.2) is 4.79 Å². The van der Waals surface area contributed by atoms with Gasteiger partial charge in [-0.2, -0.15) is 0 Å². The Morgan fingerprint density at radius 3 is 1.87 bits per heavy atom. The van der Waals surface area contributed by atoms with Gasteiger partial charge in [0, 0.05) is 13.2 Å². The Bertz CT molecular complexity index is 1280. The molecule has 3 amide bonds. The van der Waals surface area contributed by atoms with Gasteiger partial charge in [0.1, 0.15) is 35.8 Å². The molecule has 11 N–H and O–H groups in total. The molecule has 0 aromatic heterocycles. The van der Waals surface area contributed by atoms with Crippen molar-refractivity contribution in [1.82, 2.24) is 0 Å². The zero-order valence-corrected chi connectivity index (χ0v) is 25.2. The lowest BCUT2D eigenvalue weighted by Crippen LogP contribution is -2.21. The zero-order chi connectivity index (χ0) is 33.8. The summed E-state index contributed by atoms with van der Waals surface area (Å²) in [5.41, 5.74) is 20.4. The van der Waals surface area contributed by atoms with Crippen LogP contribution in [0.5, 0.6) is 23.0 Å². The van der Waals surface area contributed by atoms with E-state index in [1.165, 1.54) is 31.4 Å². The van der Waals surface area contributed by atoms with Crippen LogP contribution in [0.4, 0.5) is 11.4 Å². The molecule has 46 heavy (non-hydrogen) atoms. The third-order valence-corrected chi connectivity index (χ3v) is 5.33. The number of amides is 3. The number of nitrogens with two attached hydrogens (primary N) is 4. The smallest absolute Gasteiger partial charge is 0.337 e. The summed E-state index contributed by atoms with van der Waals surface area (Å²) in [5, 5.41) is 22.2. The van der Waals surface area contributed by atoms with Crippen molar-refractivity contribution in [3.05, 3.63) is 35.4 Å². The van der Waals surface area contributed by atoms with Crippen molar-refractivity contribution in [2.24, 2.45) is 17.2 Å². The SMILES string of the molecule is C.CCCOCCOCC(=O)Nc1ccc(OC)c(C(N)=O)c1O.NCCOCCOCC(=O)Oc1ccc(N)c(O)c1C(N)=O. The molecule has 0 fully saturated rings. The Labute approximate surface area is 267 Å². The standard InChI is InChI=1S/C15H22N2O6.C13H19N3O6.CH4/c1-3-6-22-7-8-23-9-12(18)17-10-4-5-11(21-2)13(14(10)19)15(16)20;14-3-4-20-5-6-21-7-10(17)22-9-2-1-8(15)12(18)11(9)13(16)19;/h4-5,19H,3,6-9H2,1-2H3,(H2,16,20)(H,17,18);1-2,18H,3-7,14-15H2,(H2,16,19);1H4. The molecule has 0 heterocycles. The first-order chi connectivity index (χ1) is 21.5. The van der Waals surface area contributed by atoms with E-state index in [1.54, 1.807) is 0 Å². The molecule has 2 rings (SSSR count). The van der Waals surface area contributed by atoms with E-state index in [1.807, 2.05) is 6.92 Å². The number of anilines is 2. The fraction of sp³-hybridized carbons (Fsp3) is 0.448. The first-order valence-corrected chi connectivity index (χ1v) is 13.6. The normalized spacial score (nSPS) is 10.2. The topological polar surface area (TPSA) is 280 Å². The number of phenols is 2. The van der Waals surface area contributed by atoms with Gasteiger partial charge >= 0.3 is 5.97 Å². The number of ether oxygens (including phenoxy) is 6. The maximum absolute atomic E-state index is 11.8. The second kappa shape index (κ2) is 22.8. The highest BCUT2D eigenvalue weighted by Crippen LogP contribution is 2.34. The molecule has 0 aliphatic rings. The van der Waals surface area contributed by atoms with Crippen LogP contribution in [0.15, 0.2) is 24.3 Å². The van der Waals surface area contributed by atoms with Crippen molar-refractivity contribution in [1.29, 1.82) is 0 Å². The van der Waals surface area contributed by atoms with Crippen LogP contribution in [0.3, 0.4) is 0 Å². The van der Waals surface area contributed by atoms with Crippen molar-refractivity contribution in [2.75, 3.05) is 77.6 Å². The van der Waals surface area contributed by atoms with Crippen LogP contribution in [0.1, 0.15) is 41.5 Å². The van der Waals surface area contributed by atoms with E-state index in [9.17, 15) is 29.4 Å². The largest absolute Gasteiger partial charge is 0.505 e. The van der Waals surface area contributed by atoms with Gasteiger partial charge in [-0.05, 0) is 30.7 Å². The number of primary amides is 2. The van der Waals surface area contributed by atoms with E-state index in [4.69, 9.17) is 51.4 Å². The minimum atomic E-state index is -0.969. The Morgan fingerprint density at radius 2 is 1.30 bits per heavy atom.